The highest BCUT2D eigenvalue weighted by molar-refractivity contribution is 9.10. The van der Waals surface area contributed by atoms with Crippen molar-refractivity contribution >= 4 is 39.2 Å². The molecule has 1 atom stereocenters. The molecular weight excluding hydrogens is 444 g/mol. The lowest BCUT2D eigenvalue weighted by molar-refractivity contribution is 0.142. The van der Waals surface area contributed by atoms with Gasteiger partial charge in [0, 0.05) is 27.3 Å². The molecule has 28 heavy (non-hydrogen) atoms. The van der Waals surface area contributed by atoms with Gasteiger partial charge >= 0.3 is 6.03 Å². The van der Waals surface area contributed by atoms with Crippen LogP contribution in [0.15, 0.2) is 57.5 Å². The minimum atomic E-state index is -0.246. The fourth-order valence-corrected chi connectivity index (χ4v) is 3.73. The minimum Gasteiger partial charge on any atom is -0.337 e. The maximum Gasteiger partial charge on any atom is 0.322 e. The molecule has 1 aromatic heterocycles. The number of piperidine rings is 1. The van der Waals surface area contributed by atoms with Crippen LogP contribution in [-0.4, -0.2) is 27.6 Å². The Morgan fingerprint density at radius 2 is 2.04 bits per heavy atom. The monoisotopic (exact) mass is 460 g/mol. The lowest BCUT2D eigenvalue weighted by Gasteiger charge is -2.33. The second-order valence-corrected chi connectivity index (χ2v) is 7.96. The van der Waals surface area contributed by atoms with Gasteiger partial charge in [0.15, 0.2) is 0 Å². The van der Waals surface area contributed by atoms with E-state index in [1.54, 1.807) is 17.0 Å². The summed E-state index contributed by atoms with van der Waals surface area (Å²) in [6, 6.07) is 14.4. The van der Waals surface area contributed by atoms with Crippen LogP contribution in [0.5, 0.6) is 0 Å². The number of hydrogen-bond donors (Lipinski definition) is 1. The normalized spacial score (nSPS) is 16.8. The Balaban J connectivity index is 1.54. The molecule has 1 N–H and O–H groups in total. The molecule has 6 nitrogen and oxygen atoms in total. The zero-order valence-electron chi connectivity index (χ0n) is 14.9. The predicted molar refractivity (Wildman–Crippen MR) is 111 cm³/mol. The molecule has 1 unspecified atom stereocenters. The average molecular weight is 462 g/mol. The topological polar surface area (TPSA) is 71.3 Å². The standard InChI is InChI=1S/C20H18BrClN4O2/c21-14-7-9-16(10-8-14)23-20(27)26-11-2-1-6-17(26)19-24-18(25-28-19)13-4-3-5-15(22)12-13/h3-5,7-10,12,17H,1-2,6,11H2,(H,23,27). The van der Waals surface area contributed by atoms with Gasteiger partial charge in [-0.15, -0.1) is 0 Å². The average Bonchev–Trinajstić information content (AvgIpc) is 3.20. The van der Waals surface area contributed by atoms with Gasteiger partial charge in [-0.2, -0.15) is 4.98 Å². The third kappa shape index (κ3) is 4.20. The number of urea groups is 1. The van der Waals surface area contributed by atoms with E-state index in [9.17, 15) is 4.79 Å². The number of rotatable bonds is 3. The summed E-state index contributed by atoms with van der Waals surface area (Å²) in [7, 11) is 0. The van der Waals surface area contributed by atoms with Crippen LogP contribution in [0.25, 0.3) is 11.4 Å². The summed E-state index contributed by atoms with van der Waals surface area (Å²) in [4.78, 5) is 19.2. The summed E-state index contributed by atoms with van der Waals surface area (Å²) in [5.74, 6) is 0.914. The fraction of sp³-hybridized carbons (Fsp3) is 0.250. The van der Waals surface area contributed by atoms with E-state index in [4.69, 9.17) is 16.1 Å². The highest BCUT2D eigenvalue weighted by atomic mass is 79.9. The van der Waals surface area contributed by atoms with E-state index in [2.05, 4.69) is 31.4 Å². The quantitative estimate of drug-likeness (QED) is 0.526. The van der Waals surface area contributed by atoms with Gasteiger partial charge in [0.2, 0.25) is 11.7 Å². The SMILES string of the molecule is O=C(Nc1ccc(Br)cc1)N1CCCCC1c1nc(-c2cccc(Cl)c2)no1. The first-order valence-electron chi connectivity index (χ1n) is 9.03. The van der Waals surface area contributed by atoms with Crippen molar-refractivity contribution in [1.82, 2.24) is 15.0 Å². The van der Waals surface area contributed by atoms with Crippen LogP contribution in [0.4, 0.5) is 10.5 Å². The molecule has 144 valence electrons. The number of aromatic nitrogens is 2. The number of carbonyl (C=O) groups is 1. The number of likely N-dealkylation sites (tertiary alicyclic amines) is 1. The first kappa shape index (κ1) is 19.0. The third-order valence-corrected chi connectivity index (χ3v) is 5.43. The smallest absolute Gasteiger partial charge is 0.322 e. The zero-order valence-corrected chi connectivity index (χ0v) is 17.3. The van der Waals surface area contributed by atoms with Crippen molar-refractivity contribution in [2.45, 2.75) is 25.3 Å². The molecule has 3 aromatic rings. The van der Waals surface area contributed by atoms with Gasteiger partial charge < -0.3 is 14.7 Å². The fourth-order valence-electron chi connectivity index (χ4n) is 3.28. The van der Waals surface area contributed by atoms with E-state index < -0.39 is 0 Å². The van der Waals surface area contributed by atoms with Crippen molar-refractivity contribution < 1.29 is 9.32 Å². The van der Waals surface area contributed by atoms with Crippen LogP contribution in [0.3, 0.4) is 0 Å². The Morgan fingerprint density at radius 1 is 1.21 bits per heavy atom. The molecule has 0 aliphatic carbocycles. The second kappa shape index (κ2) is 8.32. The van der Waals surface area contributed by atoms with E-state index in [0.29, 0.717) is 23.3 Å². The highest BCUT2D eigenvalue weighted by Crippen LogP contribution is 2.32. The number of hydrogen-bond acceptors (Lipinski definition) is 4. The summed E-state index contributed by atoms with van der Waals surface area (Å²) in [5, 5.41) is 7.63. The molecule has 0 spiro atoms. The molecule has 0 radical (unpaired) electrons. The molecule has 0 saturated carbocycles. The maximum absolute atomic E-state index is 12.9. The molecule has 0 bridgehead atoms. The van der Waals surface area contributed by atoms with Crippen LogP contribution in [-0.2, 0) is 0 Å². The Kier molecular flexibility index (Phi) is 5.64. The Hall–Kier alpha value is -2.38. The predicted octanol–water partition coefficient (Wildman–Crippen LogP) is 5.91. The second-order valence-electron chi connectivity index (χ2n) is 6.61. The van der Waals surface area contributed by atoms with Gasteiger partial charge in [-0.05, 0) is 55.7 Å². The third-order valence-electron chi connectivity index (χ3n) is 4.67. The van der Waals surface area contributed by atoms with Gasteiger partial charge in [0.25, 0.3) is 0 Å². The largest absolute Gasteiger partial charge is 0.337 e. The van der Waals surface area contributed by atoms with Gasteiger partial charge in [-0.1, -0.05) is 44.8 Å². The number of benzene rings is 2. The van der Waals surface area contributed by atoms with E-state index in [1.165, 1.54) is 0 Å². The summed E-state index contributed by atoms with van der Waals surface area (Å²) in [6.07, 6.45) is 2.73. The number of carbonyl (C=O) groups excluding carboxylic acids is 1. The highest BCUT2D eigenvalue weighted by Gasteiger charge is 2.32. The number of halogens is 2. The number of nitrogens with one attached hydrogen (secondary N) is 1. The summed E-state index contributed by atoms with van der Waals surface area (Å²) >= 11 is 9.45. The van der Waals surface area contributed by atoms with Crippen LogP contribution in [0.2, 0.25) is 5.02 Å². The lowest BCUT2D eigenvalue weighted by Crippen LogP contribution is -2.41. The molecule has 2 aromatic carbocycles. The van der Waals surface area contributed by atoms with Gasteiger partial charge in [0.1, 0.15) is 6.04 Å². The summed E-state index contributed by atoms with van der Waals surface area (Å²) in [5.41, 5.74) is 1.52. The zero-order chi connectivity index (χ0) is 19.5. The van der Waals surface area contributed by atoms with Crippen molar-refractivity contribution in [2.24, 2.45) is 0 Å². The molecule has 1 saturated heterocycles. The number of anilines is 1. The van der Waals surface area contributed by atoms with E-state index >= 15 is 0 Å². The van der Waals surface area contributed by atoms with Crippen molar-refractivity contribution in [3.8, 4) is 11.4 Å². The van der Waals surface area contributed by atoms with Crippen molar-refractivity contribution in [3.63, 3.8) is 0 Å². The molecular formula is C20H18BrClN4O2. The van der Waals surface area contributed by atoms with Crippen LogP contribution in [0.1, 0.15) is 31.2 Å². The van der Waals surface area contributed by atoms with E-state index in [0.717, 1.165) is 35.0 Å². The number of nitrogens with zero attached hydrogens (tertiary/aromatic N) is 3. The lowest BCUT2D eigenvalue weighted by atomic mass is 10.0. The van der Waals surface area contributed by atoms with E-state index in [-0.39, 0.29) is 12.1 Å². The Bertz CT molecular complexity index is 976. The number of amides is 2. The van der Waals surface area contributed by atoms with Crippen molar-refractivity contribution in [3.05, 3.63) is 63.9 Å². The molecule has 1 fully saturated rings. The van der Waals surface area contributed by atoms with Gasteiger partial charge in [-0.3, -0.25) is 0 Å². The van der Waals surface area contributed by atoms with Crippen LogP contribution < -0.4 is 5.32 Å². The molecule has 4 rings (SSSR count). The van der Waals surface area contributed by atoms with Crippen LogP contribution in [0, 0.1) is 0 Å². The maximum atomic E-state index is 12.9. The minimum absolute atomic E-state index is 0.172. The van der Waals surface area contributed by atoms with Gasteiger partial charge in [-0.25, -0.2) is 4.79 Å². The molecule has 8 heteroatoms. The summed E-state index contributed by atoms with van der Waals surface area (Å²) < 4.78 is 6.47. The Morgan fingerprint density at radius 3 is 2.82 bits per heavy atom. The summed E-state index contributed by atoms with van der Waals surface area (Å²) in [6.45, 7) is 0.641. The van der Waals surface area contributed by atoms with Gasteiger partial charge in [0.05, 0.1) is 0 Å². The molecule has 1 aliphatic rings. The van der Waals surface area contributed by atoms with E-state index in [1.807, 2.05) is 36.4 Å². The van der Waals surface area contributed by atoms with Crippen molar-refractivity contribution in [2.75, 3.05) is 11.9 Å². The first-order valence-corrected chi connectivity index (χ1v) is 10.2. The van der Waals surface area contributed by atoms with Crippen LogP contribution >= 0.6 is 27.5 Å². The Labute approximate surface area is 176 Å². The first-order chi connectivity index (χ1) is 13.6. The molecule has 2 heterocycles. The van der Waals surface area contributed by atoms with Crippen molar-refractivity contribution in [1.29, 1.82) is 0 Å². The molecule has 1 aliphatic heterocycles. The molecule has 2 amide bonds.